The molecule has 1 nitrogen and oxygen atoms in total. The van der Waals surface area contributed by atoms with E-state index in [1.165, 1.54) is 72.5 Å². The van der Waals surface area contributed by atoms with Crippen molar-refractivity contribution in [2.45, 2.75) is 82.1 Å². The lowest BCUT2D eigenvalue weighted by atomic mass is 9.38. The van der Waals surface area contributed by atoms with Crippen LogP contribution in [-0.4, -0.2) is 14.1 Å². The number of benzene rings is 2. The number of nitrogens with zero attached hydrogens (tertiary/aromatic N) is 1. The highest BCUT2D eigenvalue weighted by molar-refractivity contribution is 5.93. The van der Waals surface area contributed by atoms with Crippen LogP contribution in [0.15, 0.2) is 90.1 Å². The summed E-state index contributed by atoms with van der Waals surface area (Å²) in [5.41, 5.74) is 19.2. The van der Waals surface area contributed by atoms with Gasteiger partial charge in [-0.15, -0.1) is 0 Å². The molecule has 232 valence electrons. The van der Waals surface area contributed by atoms with Crippen LogP contribution in [0.3, 0.4) is 0 Å². The highest BCUT2D eigenvalue weighted by atomic mass is 15.1. The van der Waals surface area contributed by atoms with Crippen molar-refractivity contribution in [1.82, 2.24) is 0 Å². The molecule has 0 saturated carbocycles. The summed E-state index contributed by atoms with van der Waals surface area (Å²) in [6.45, 7) is 42.1. The lowest BCUT2D eigenvalue weighted by Crippen LogP contribution is -2.57. The van der Waals surface area contributed by atoms with E-state index in [0.29, 0.717) is 11.8 Å². The summed E-state index contributed by atoms with van der Waals surface area (Å²) in [4.78, 5) is 2.31. The van der Waals surface area contributed by atoms with E-state index in [4.69, 9.17) is 13.2 Å². The quantitative estimate of drug-likeness (QED) is 0.337. The van der Waals surface area contributed by atoms with Crippen molar-refractivity contribution in [3.63, 3.8) is 0 Å². The van der Waals surface area contributed by atoms with E-state index >= 15 is 0 Å². The summed E-state index contributed by atoms with van der Waals surface area (Å²) in [5.74, 6) is 0.949. The fourth-order valence-corrected chi connectivity index (χ4v) is 10.4. The normalized spacial score (nSPS) is 28.2. The maximum atomic E-state index is 4.96. The Balaban J connectivity index is 1.81. The van der Waals surface area contributed by atoms with Gasteiger partial charge in [0.1, 0.15) is 0 Å². The molecule has 0 N–H and O–H groups in total. The first kappa shape index (κ1) is 32.1. The predicted octanol–water partition coefficient (Wildman–Crippen LogP) is 11.8. The van der Waals surface area contributed by atoms with Gasteiger partial charge in [0.15, 0.2) is 0 Å². The molecule has 2 aromatic carbocycles. The van der Waals surface area contributed by atoms with Crippen LogP contribution in [0.5, 0.6) is 0 Å². The highest BCUT2D eigenvalue weighted by Gasteiger charge is 2.63. The highest BCUT2D eigenvalue weighted by Crippen LogP contribution is 2.73. The Kier molecular flexibility index (Phi) is 7.56. The van der Waals surface area contributed by atoms with Crippen molar-refractivity contribution < 1.29 is 0 Å². The fourth-order valence-electron chi connectivity index (χ4n) is 10.4. The number of rotatable bonds is 5. The molecule has 2 aromatic rings. The average Bonchev–Trinajstić information content (AvgIpc) is 2.90. The summed E-state index contributed by atoms with van der Waals surface area (Å²) in [6.07, 6.45) is 2.11. The molecule has 0 heterocycles. The molecular weight excluding hydrogens is 530 g/mol. The van der Waals surface area contributed by atoms with Gasteiger partial charge in [0.2, 0.25) is 0 Å². The minimum atomic E-state index is -0.195. The smallest absolute Gasteiger partial charge is 0.0406 e. The molecule has 44 heavy (non-hydrogen) atoms. The van der Waals surface area contributed by atoms with Gasteiger partial charge in [0.05, 0.1) is 0 Å². The van der Waals surface area contributed by atoms with Crippen LogP contribution in [0, 0.1) is 35.0 Å². The van der Waals surface area contributed by atoms with Crippen molar-refractivity contribution in [2.24, 2.45) is 28.1 Å². The molecule has 0 saturated heterocycles. The number of hydrogen-bond donors (Lipinski definition) is 0. The molecule has 0 spiro atoms. The van der Waals surface area contributed by atoms with Crippen LogP contribution in [-0.2, 0) is 6.42 Å². The third-order valence-electron chi connectivity index (χ3n) is 12.2. The van der Waals surface area contributed by atoms with Gasteiger partial charge in [-0.2, -0.15) is 0 Å². The van der Waals surface area contributed by atoms with Gasteiger partial charge < -0.3 is 4.90 Å². The van der Waals surface area contributed by atoms with Crippen molar-refractivity contribution in [3.8, 4) is 11.1 Å². The summed E-state index contributed by atoms with van der Waals surface area (Å²) >= 11 is 0. The maximum absolute atomic E-state index is 4.96. The number of fused-ring (bicyclic) bond motifs is 3. The van der Waals surface area contributed by atoms with Gasteiger partial charge in [-0.05, 0) is 132 Å². The van der Waals surface area contributed by atoms with Crippen molar-refractivity contribution in [1.29, 1.82) is 0 Å². The maximum Gasteiger partial charge on any atom is 0.0406 e. The minimum absolute atomic E-state index is 0.0136. The monoisotopic (exact) mass is 585 g/mol. The summed E-state index contributed by atoms with van der Waals surface area (Å²) < 4.78 is 0. The molecule has 1 heteroatoms. The van der Waals surface area contributed by atoms with E-state index in [-0.39, 0.29) is 16.2 Å². The molecule has 3 aliphatic carbocycles. The molecule has 0 aromatic heterocycles. The summed E-state index contributed by atoms with van der Waals surface area (Å²) in [7, 11) is 4.38. The van der Waals surface area contributed by atoms with Crippen LogP contribution >= 0.6 is 0 Å². The predicted molar refractivity (Wildman–Crippen MR) is 195 cm³/mol. The van der Waals surface area contributed by atoms with Crippen LogP contribution in [0.4, 0.5) is 5.69 Å². The van der Waals surface area contributed by atoms with E-state index in [9.17, 15) is 0 Å². The van der Waals surface area contributed by atoms with Gasteiger partial charge in [-0.25, -0.2) is 0 Å². The zero-order valence-electron chi connectivity index (χ0n) is 29.7. The Morgan fingerprint density at radius 1 is 0.932 bits per heavy atom. The molecule has 3 aliphatic rings. The average molecular weight is 586 g/mol. The lowest BCUT2D eigenvalue weighted by molar-refractivity contribution is -0.0106. The Bertz CT molecular complexity index is 1700. The zero-order chi connectivity index (χ0) is 32.8. The third kappa shape index (κ3) is 4.18. The minimum Gasteiger partial charge on any atom is -0.377 e. The van der Waals surface area contributed by atoms with Crippen LogP contribution in [0.25, 0.3) is 22.3 Å². The molecule has 4 atom stereocenters. The van der Waals surface area contributed by atoms with E-state index in [1.54, 1.807) is 0 Å². The second-order valence-electron chi connectivity index (χ2n) is 15.6. The van der Waals surface area contributed by atoms with Crippen molar-refractivity contribution in [3.05, 3.63) is 112 Å². The summed E-state index contributed by atoms with van der Waals surface area (Å²) in [6, 6.07) is 11.3. The van der Waals surface area contributed by atoms with E-state index in [2.05, 4.69) is 132 Å². The fraction of sp³-hybridized carbons (Fsp3) is 0.442. The molecule has 0 unspecified atom stereocenters. The Morgan fingerprint density at radius 2 is 1.52 bits per heavy atom. The first-order valence-corrected chi connectivity index (χ1v) is 16.4. The SMILES string of the molecule is C=C(C)C1=C(C)[C@@H](C(C)C)[C@]2(C)C[C@]3(C)Cc4c(N(C)C)cc(-c5ccc(C(=C)C)cc5)c(C)c4C(=C)C3=C(C)[C@]2(C)C1=C. The Labute approximate surface area is 268 Å². The third-order valence-corrected chi connectivity index (χ3v) is 12.2. The van der Waals surface area contributed by atoms with Gasteiger partial charge in [-0.3, -0.25) is 0 Å². The van der Waals surface area contributed by atoms with Gasteiger partial charge >= 0.3 is 0 Å². The number of allylic oxidation sites excluding steroid dienone is 8. The molecular formula is C43H55N. The largest absolute Gasteiger partial charge is 0.377 e. The first-order chi connectivity index (χ1) is 20.3. The molecule has 5 rings (SSSR count). The van der Waals surface area contributed by atoms with Crippen LogP contribution in [0.1, 0.15) is 91.0 Å². The van der Waals surface area contributed by atoms with Gasteiger partial charge in [0, 0.05) is 25.2 Å². The molecule has 0 fully saturated rings. The topological polar surface area (TPSA) is 3.24 Å². The van der Waals surface area contributed by atoms with Gasteiger partial charge in [-0.1, -0.05) is 107 Å². The number of hydrogen-bond acceptors (Lipinski definition) is 1. The van der Waals surface area contributed by atoms with E-state index < -0.39 is 0 Å². The Hall–Kier alpha value is -3.32. The standard InChI is InChI=1S/C43H55N/c1-24(2)32-17-19-33(20-18-32)34-21-36(44(15)16)35-22-41(12)23-42(13)39(26(5)6)28(8)37(25(3)4)30(10)43(42,14)31(11)40(41)29(9)38(35)27(34)7/h17-21,26,39H,1,3,9-10,22-23H2,2,4-8,11-16H3/t39-,41+,42+,43+/m1/s1. The zero-order valence-corrected chi connectivity index (χ0v) is 29.7. The number of anilines is 1. The second kappa shape index (κ2) is 10.4. The van der Waals surface area contributed by atoms with Crippen molar-refractivity contribution in [2.75, 3.05) is 19.0 Å². The van der Waals surface area contributed by atoms with Crippen LogP contribution < -0.4 is 4.90 Å². The molecule has 0 aliphatic heterocycles. The van der Waals surface area contributed by atoms with E-state index in [1.807, 2.05) is 0 Å². The molecule has 0 amide bonds. The Morgan fingerprint density at radius 3 is 2.02 bits per heavy atom. The van der Waals surface area contributed by atoms with Gasteiger partial charge in [0.25, 0.3) is 0 Å². The lowest BCUT2D eigenvalue weighted by Gasteiger charge is -2.65. The van der Waals surface area contributed by atoms with Crippen LogP contribution in [0.2, 0.25) is 0 Å². The second-order valence-corrected chi connectivity index (χ2v) is 15.6. The molecule has 0 radical (unpaired) electrons. The van der Waals surface area contributed by atoms with E-state index in [0.717, 1.165) is 24.0 Å². The molecule has 0 bridgehead atoms. The van der Waals surface area contributed by atoms with Crippen molar-refractivity contribution >= 4 is 16.8 Å². The first-order valence-electron chi connectivity index (χ1n) is 16.4. The summed E-state index contributed by atoms with van der Waals surface area (Å²) in [5, 5.41) is 0.